The van der Waals surface area contributed by atoms with E-state index in [1.54, 1.807) is 6.42 Å². The van der Waals surface area contributed by atoms with Gasteiger partial charge >= 0.3 is 0 Å². The second-order valence-electron chi connectivity index (χ2n) is 6.67. The van der Waals surface area contributed by atoms with Crippen LogP contribution in [0.5, 0.6) is 0 Å². The van der Waals surface area contributed by atoms with Crippen molar-refractivity contribution < 1.29 is 0 Å². The summed E-state index contributed by atoms with van der Waals surface area (Å²) in [6.07, 6.45) is 9.91. The smallest absolute Gasteiger partial charge is 0.00104 e. The molecule has 0 aliphatic heterocycles. The molecule has 2 aliphatic rings. The molecule has 0 amide bonds. The molecular formula is C15H30N2. The minimum atomic E-state index is 0.380. The molecule has 2 rings (SSSR count). The highest BCUT2D eigenvalue weighted by molar-refractivity contribution is 4.90. The van der Waals surface area contributed by atoms with Crippen molar-refractivity contribution in [3.8, 4) is 0 Å². The average Bonchev–Trinajstić information content (AvgIpc) is 2.86. The molecule has 100 valence electrons. The van der Waals surface area contributed by atoms with Crippen LogP contribution < -0.4 is 5.73 Å². The lowest BCUT2D eigenvalue weighted by molar-refractivity contribution is 0.216. The van der Waals surface area contributed by atoms with Crippen LogP contribution >= 0.6 is 0 Å². The van der Waals surface area contributed by atoms with Gasteiger partial charge in [0.2, 0.25) is 0 Å². The van der Waals surface area contributed by atoms with Crippen LogP contribution in [-0.2, 0) is 0 Å². The molecule has 2 bridgehead atoms. The standard InChI is InChI=1S/C15H30N2/c1-12(16)5-3-4-8-17(2)11-15-10-13-6-7-14(15)9-13/h12-15H,3-11,16H2,1-2H3. The number of nitrogens with zero attached hydrogens (tertiary/aromatic N) is 1. The van der Waals surface area contributed by atoms with Crippen LogP contribution in [0.3, 0.4) is 0 Å². The van der Waals surface area contributed by atoms with Crippen molar-refractivity contribution in [1.82, 2.24) is 4.90 Å². The number of unbranched alkanes of at least 4 members (excludes halogenated alkanes) is 1. The monoisotopic (exact) mass is 238 g/mol. The fourth-order valence-electron chi connectivity index (χ4n) is 3.94. The molecule has 0 saturated heterocycles. The van der Waals surface area contributed by atoms with Crippen molar-refractivity contribution in [3.05, 3.63) is 0 Å². The molecule has 2 saturated carbocycles. The zero-order valence-electron chi connectivity index (χ0n) is 11.7. The van der Waals surface area contributed by atoms with E-state index in [0.29, 0.717) is 6.04 Å². The summed E-state index contributed by atoms with van der Waals surface area (Å²) in [6.45, 7) is 4.72. The molecular weight excluding hydrogens is 208 g/mol. The van der Waals surface area contributed by atoms with Crippen LogP contribution in [0.1, 0.15) is 51.9 Å². The number of fused-ring (bicyclic) bond motifs is 2. The van der Waals surface area contributed by atoms with Crippen molar-refractivity contribution in [2.75, 3.05) is 20.1 Å². The van der Waals surface area contributed by atoms with Crippen LogP contribution in [0.15, 0.2) is 0 Å². The van der Waals surface area contributed by atoms with Gasteiger partial charge in [-0.25, -0.2) is 0 Å². The first kappa shape index (κ1) is 13.4. The summed E-state index contributed by atoms with van der Waals surface area (Å²) in [4.78, 5) is 2.56. The third-order valence-electron chi connectivity index (χ3n) is 4.88. The highest BCUT2D eigenvalue weighted by Gasteiger charge is 2.39. The molecule has 17 heavy (non-hydrogen) atoms. The number of nitrogens with two attached hydrogens (primary N) is 1. The summed E-state index contributed by atoms with van der Waals surface area (Å²) in [5, 5.41) is 0. The van der Waals surface area contributed by atoms with E-state index in [1.165, 1.54) is 51.6 Å². The van der Waals surface area contributed by atoms with E-state index in [0.717, 1.165) is 17.8 Å². The van der Waals surface area contributed by atoms with E-state index in [2.05, 4.69) is 18.9 Å². The van der Waals surface area contributed by atoms with Gasteiger partial charge in [-0.3, -0.25) is 0 Å². The van der Waals surface area contributed by atoms with Crippen molar-refractivity contribution in [2.24, 2.45) is 23.5 Å². The predicted octanol–water partition coefficient (Wildman–Crippen LogP) is 2.87. The van der Waals surface area contributed by atoms with E-state index < -0.39 is 0 Å². The molecule has 0 radical (unpaired) electrons. The zero-order chi connectivity index (χ0) is 12.3. The molecule has 4 atom stereocenters. The molecule has 2 heteroatoms. The van der Waals surface area contributed by atoms with Gasteiger partial charge < -0.3 is 10.6 Å². The quantitative estimate of drug-likeness (QED) is 0.691. The SMILES string of the molecule is CC(N)CCCCN(C)CC1CC2CCC1C2. The summed E-state index contributed by atoms with van der Waals surface area (Å²) in [5.41, 5.74) is 5.77. The van der Waals surface area contributed by atoms with Gasteiger partial charge in [-0.1, -0.05) is 12.8 Å². The second kappa shape index (κ2) is 6.19. The van der Waals surface area contributed by atoms with Gasteiger partial charge in [0.15, 0.2) is 0 Å². The van der Waals surface area contributed by atoms with Crippen molar-refractivity contribution >= 4 is 0 Å². The second-order valence-corrected chi connectivity index (χ2v) is 6.67. The van der Waals surface area contributed by atoms with Gasteiger partial charge in [0.05, 0.1) is 0 Å². The lowest BCUT2D eigenvalue weighted by Crippen LogP contribution is -2.29. The third-order valence-corrected chi connectivity index (χ3v) is 4.88. The van der Waals surface area contributed by atoms with Gasteiger partial charge in [-0.15, -0.1) is 0 Å². The maximum Gasteiger partial charge on any atom is 0.00104 e. The maximum absolute atomic E-state index is 5.77. The van der Waals surface area contributed by atoms with E-state index in [-0.39, 0.29) is 0 Å². The number of hydrogen-bond donors (Lipinski definition) is 1. The number of rotatable bonds is 7. The maximum atomic E-state index is 5.77. The Morgan fingerprint density at radius 1 is 1.24 bits per heavy atom. The molecule has 0 aromatic heterocycles. The lowest BCUT2D eigenvalue weighted by Gasteiger charge is -2.27. The van der Waals surface area contributed by atoms with Gasteiger partial charge in [-0.05, 0) is 70.4 Å². The topological polar surface area (TPSA) is 29.3 Å². The summed E-state index contributed by atoms with van der Waals surface area (Å²) in [5.74, 6) is 3.19. The van der Waals surface area contributed by atoms with Crippen LogP contribution in [0, 0.1) is 17.8 Å². The molecule has 2 N–H and O–H groups in total. The molecule has 0 aromatic carbocycles. The van der Waals surface area contributed by atoms with Crippen LogP contribution in [-0.4, -0.2) is 31.1 Å². The largest absolute Gasteiger partial charge is 0.328 e. The summed E-state index contributed by atoms with van der Waals surface area (Å²) in [6, 6.07) is 0.380. The van der Waals surface area contributed by atoms with Gasteiger partial charge in [0.1, 0.15) is 0 Å². The molecule has 0 heterocycles. The summed E-state index contributed by atoms with van der Waals surface area (Å²) in [7, 11) is 2.30. The Hall–Kier alpha value is -0.0800. The first-order valence-corrected chi connectivity index (χ1v) is 7.59. The Kier molecular flexibility index (Phi) is 4.87. The number of hydrogen-bond acceptors (Lipinski definition) is 2. The Bertz CT molecular complexity index is 227. The third kappa shape index (κ3) is 3.96. The van der Waals surface area contributed by atoms with Crippen LogP contribution in [0.4, 0.5) is 0 Å². The summed E-state index contributed by atoms with van der Waals surface area (Å²) < 4.78 is 0. The van der Waals surface area contributed by atoms with Gasteiger partial charge in [-0.2, -0.15) is 0 Å². The molecule has 0 aromatic rings. The fourth-order valence-corrected chi connectivity index (χ4v) is 3.94. The van der Waals surface area contributed by atoms with Crippen LogP contribution in [0.2, 0.25) is 0 Å². The fraction of sp³-hybridized carbons (Fsp3) is 1.00. The van der Waals surface area contributed by atoms with Crippen molar-refractivity contribution in [3.63, 3.8) is 0 Å². The highest BCUT2D eigenvalue weighted by atomic mass is 15.1. The highest BCUT2D eigenvalue weighted by Crippen LogP contribution is 2.48. The van der Waals surface area contributed by atoms with Gasteiger partial charge in [0, 0.05) is 12.6 Å². The Balaban J connectivity index is 1.56. The zero-order valence-corrected chi connectivity index (χ0v) is 11.7. The molecule has 4 unspecified atom stereocenters. The molecule has 2 nitrogen and oxygen atoms in total. The van der Waals surface area contributed by atoms with E-state index >= 15 is 0 Å². The first-order valence-electron chi connectivity index (χ1n) is 7.59. The Morgan fingerprint density at radius 3 is 2.65 bits per heavy atom. The van der Waals surface area contributed by atoms with E-state index in [4.69, 9.17) is 5.73 Å². The molecule has 2 fully saturated rings. The first-order chi connectivity index (χ1) is 8.15. The normalized spacial score (nSPS) is 33.5. The molecule has 2 aliphatic carbocycles. The van der Waals surface area contributed by atoms with Crippen LogP contribution in [0.25, 0.3) is 0 Å². The Labute approximate surface area is 107 Å². The Morgan fingerprint density at radius 2 is 2.06 bits per heavy atom. The minimum Gasteiger partial charge on any atom is -0.328 e. The predicted molar refractivity (Wildman–Crippen MR) is 73.9 cm³/mol. The van der Waals surface area contributed by atoms with Crippen molar-refractivity contribution in [2.45, 2.75) is 57.9 Å². The van der Waals surface area contributed by atoms with E-state index in [9.17, 15) is 0 Å². The summed E-state index contributed by atoms with van der Waals surface area (Å²) >= 11 is 0. The minimum absolute atomic E-state index is 0.380. The molecule has 0 spiro atoms. The lowest BCUT2D eigenvalue weighted by atomic mass is 9.88. The van der Waals surface area contributed by atoms with Crippen molar-refractivity contribution in [1.29, 1.82) is 0 Å². The van der Waals surface area contributed by atoms with Gasteiger partial charge in [0.25, 0.3) is 0 Å². The van der Waals surface area contributed by atoms with E-state index in [1.807, 2.05) is 0 Å². The average molecular weight is 238 g/mol.